The van der Waals surface area contributed by atoms with Crippen molar-refractivity contribution in [3.05, 3.63) is 39.9 Å². The molecule has 114 valence electrons. The standard InChI is InChI=1S/C15H17Cl2NO3/c1-3-10(2)18(9-15(20)21)14(19)5-4-11-6-12(16)8-13(17)7-11/h4-8,10H,3,9H2,1-2H3,(H,20,21)/b5-4+. The highest BCUT2D eigenvalue weighted by molar-refractivity contribution is 6.34. The molecule has 1 aromatic rings. The summed E-state index contributed by atoms with van der Waals surface area (Å²) in [5, 5.41) is 9.82. The van der Waals surface area contributed by atoms with Crippen LogP contribution in [-0.2, 0) is 9.59 Å². The van der Waals surface area contributed by atoms with Crippen molar-refractivity contribution in [2.75, 3.05) is 6.54 Å². The number of rotatable bonds is 6. The van der Waals surface area contributed by atoms with Gasteiger partial charge in [0.05, 0.1) is 0 Å². The molecule has 0 bridgehead atoms. The molecule has 0 heterocycles. The molecule has 1 atom stereocenters. The summed E-state index contributed by atoms with van der Waals surface area (Å²) in [5.74, 6) is -1.40. The lowest BCUT2D eigenvalue weighted by Crippen LogP contribution is -2.40. The quantitative estimate of drug-likeness (QED) is 0.809. The summed E-state index contributed by atoms with van der Waals surface area (Å²) in [6.07, 6.45) is 3.57. The number of carbonyl (C=O) groups excluding carboxylic acids is 1. The van der Waals surface area contributed by atoms with Crippen molar-refractivity contribution in [2.24, 2.45) is 0 Å². The van der Waals surface area contributed by atoms with Crippen LogP contribution in [0.4, 0.5) is 0 Å². The van der Waals surface area contributed by atoms with E-state index >= 15 is 0 Å². The number of benzene rings is 1. The molecule has 0 radical (unpaired) electrons. The minimum Gasteiger partial charge on any atom is -0.480 e. The van der Waals surface area contributed by atoms with Gasteiger partial charge in [0, 0.05) is 22.2 Å². The Morgan fingerprint density at radius 3 is 2.33 bits per heavy atom. The van der Waals surface area contributed by atoms with E-state index in [0.717, 1.165) is 0 Å². The first-order valence-corrected chi connectivity index (χ1v) is 7.25. The van der Waals surface area contributed by atoms with E-state index in [1.165, 1.54) is 11.0 Å². The molecule has 0 saturated heterocycles. The zero-order valence-electron chi connectivity index (χ0n) is 11.8. The predicted octanol–water partition coefficient (Wildman–Crippen LogP) is 3.72. The predicted molar refractivity (Wildman–Crippen MR) is 84.6 cm³/mol. The number of aliphatic carboxylic acids is 1. The lowest BCUT2D eigenvalue weighted by molar-refractivity contribution is -0.144. The molecule has 0 fully saturated rings. The zero-order chi connectivity index (χ0) is 16.0. The van der Waals surface area contributed by atoms with Gasteiger partial charge in [0.15, 0.2) is 0 Å². The Bertz CT molecular complexity index is 538. The van der Waals surface area contributed by atoms with Crippen LogP contribution in [0.2, 0.25) is 10.0 Å². The van der Waals surface area contributed by atoms with E-state index < -0.39 is 5.97 Å². The Morgan fingerprint density at radius 2 is 1.86 bits per heavy atom. The van der Waals surface area contributed by atoms with Crippen molar-refractivity contribution in [2.45, 2.75) is 26.3 Å². The second-order valence-corrected chi connectivity index (χ2v) is 5.53. The van der Waals surface area contributed by atoms with E-state index in [-0.39, 0.29) is 18.5 Å². The Labute approximate surface area is 134 Å². The van der Waals surface area contributed by atoms with Crippen LogP contribution in [-0.4, -0.2) is 34.5 Å². The van der Waals surface area contributed by atoms with E-state index in [9.17, 15) is 9.59 Å². The van der Waals surface area contributed by atoms with Crippen molar-refractivity contribution in [3.8, 4) is 0 Å². The Morgan fingerprint density at radius 1 is 1.29 bits per heavy atom. The summed E-state index contributed by atoms with van der Waals surface area (Å²) < 4.78 is 0. The molecule has 1 aromatic carbocycles. The molecule has 6 heteroatoms. The summed E-state index contributed by atoms with van der Waals surface area (Å²) >= 11 is 11.8. The summed E-state index contributed by atoms with van der Waals surface area (Å²) in [6, 6.07) is 4.78. The maximum atomic E-state index is 12.1. The first-order valence-electron chi connectivity index (χ1n) is 6.50. The molecule has 0 aliphatic rings. The third kappa shape index (κ3) is 5.78. The summed E-state index contributed by atoms with van der Waals surface area (Å²) in [7, 11) is 0. The number of carboxylic acid groups (broad SMARTS) is 1. The minimum atomic E-state index is -1.04. The fraction of sp³-hybridized carbons (Fsp3) is 0.333. The van der Waals surface area contributed by atoms with Gasteiger partial charge in [0.25, 0.3) is 0 Å². The molecule has 1 amide bonds. The van der Waals surface area contributed by atoms with E-state index in [4.69, 9.17) is 28.3 Å². The van der Waals surface area contributed by atoms with Crippen LogP contribution < -0.4 is 0 Å². The van der Waals surface area contributed by atoms with Crippen LogP contribution in [0, 0.1) is 0 Å². The highest BCUT2D eigenvalue weighted by Crippen LogP contribution is 2.20. The summed E-state index contributed by atoms with van der Waals surface area (Å²) in [5.41, 5.74) is 0.681. The average molecular weight is 330 g/mol. The van der Waals surface area contributed by atoms with Crippen LogP contribution >= 0.6 is 23.2 Å². The third-order valence-electron chi connectivity index (χ3n) is 3.01. The molecule has 21 heavy (non-hydrogen) atoms. The second-order valence-electron chi connectivity index (χ2n) is 4.65. The van der Waals surface area contributed by atoms with Gasteiger partial charge in [-0.1, -0.05) is 30.1 Å². The fourth-order valence-electron chi connectivity index (χ4n) is 1.75. The molecule has 0 spiro atoms. The van der Waals surface area contributed by atoms with E-state index in [2.05, 4.69) is 0 Å². The van der Waals surface area contributed by atoms with Crippen molar-refractivity contribution >= 4 is 41.2 Å². The van der Waals surface area contributed by atoms with Crippen LogP contribution in [0.3, 0.4) is 0 Å². The molecule has 0 aromatic heterocycles. The number of carboxylic acids is 1. The van der Waals surface area contributed by atoms with Crippen LogP contribution in [0.5, 0.6) is 0 Å². The van der Waals surface area contributed by atoms with E-state index in [1.54, 1.807) is 24.3 Å². The summed E-state index contributed by atoms with van der Waals surface area (Å²) in [4.78, 5) is 24.3. The summed E-state index contributed by atoms with van der Waals surface area (Å²) in [6.45, 7) is 3.38. The Kier molecular flexibility index (Phi) is 6.72. The van der Waals surface area contributed by atoms with Gasteiger partial charge in [-0.15, -0.1) is 0 Å². The second kappa shape index (κ2) is 8.05. The van der Waals surface area contributed by atoms with Gasteiger partial charge in [0.1, 0.15) is 6.54 Å². The molecular formula is C15H17Cl2NO3. The monoisotopic (exact) mass is 329 g/mol. The highest BCUT2D eigenvalue weighted by Gasteiger charge is 2.19. The lowest BCUT2D eigenvalue weighted by atomic mass is 10.2. The topological polar surface area (TPSA) is 57.6 Å². The number of halogens is 2. The molecule has 1 rings (SSSR count). The van der Waals surface area contributed by atoms with Gasteiger partial charge in [-0.2, -0.15) is 0 Å². The van der Waals surface area contributed by atoms with Crippen LogP contribution in [0.15, 0.2) is 24.3 Å². The number of hydrogen-bond acceptors (Lipinski definition) is 2. The molecule has 0 saturated carbocycles. The molecule has 1 N–H and O–H groups in total. The van der Waals surface area contributed by atoms with Gasteiger partial charge in [-0.05, 0) is 43.2 Å². The molecule has 1 unspecified atom stereocenters. The third-order valence-corrected chi connectivity index (χ3v) is 3.45. The number of amides is 1. The van der Waals surface area contributed by atoms with Crippen LogP contribution in [0.25, 0.3) is 6.08 Å². The van der Waals surface area contributed by atoms with Crippen LogP contribution in [0.1, 0.15) is 25.8 Å². The Hall–Kier alpha value is -1.52. The first-order chi connectivity index (χ1) is 9.83. The average Bonchev–Trinajstić information content (AvgIpc) is 2.40. The maximum Gasteiger partial charge on any atom is 0.323 e. The minimum absolute atomic E-state index is 0.152. The largest absolute Gasteiger partial charge is 0.480 e. The van der Waals surface area contributed by atoms with Gasteiger partial charge in [0.2, 0.25) is 5.91 Å². The Balaban J connectivity index is 2.89. The maximum absolute atomic E-state index is 12.1. The van der Waals surface area contributed by atoms with Gasteiger partial charge < -0.3 is 10.0 Å². The van der Waals surface area contributed by atoms with Gasteiger partial charge >= 0.3 is 5.97 Å². The fourth-order valence-corrected chi connectivity index (χ4v) is 2.29. The number of hydrogen-bond donors (Lipinski definition) is 1. The molecular weight excluding hydrogens is 313 g/mol. The van der Waals surface area contributed by atoms with Crippen molar-refractivity contribution in [3.63, 3.8) is 0 Å². The van der Waals surface area contributed by atoms with Gasteiger partial charge in [-0.3, -0.25) is 9.59 Å². The van der Waals surface area contributed by atoms with Crippen molar-refractivity contribution in [1.82, 2.24) is 4.90 Å². The van der Waals surface area contributed by atoms with Crippen molar-refractivity contribution < 1.29 is 14.7 Å². The van der Waals surface area contributed by atoms with E-state index in [0.29, 0.717) is 22.0 Å². The molecule has 4 nitrogen and oxygen atoms in total. The smallest absolute Gasteiger partial charge is 0.323 e. The highest BCUT2D eigenvalue weighted by atomic mass is 35.5. The molecule has 0 aliphatic carbocycles. The number of nitrogens with zero attached hydrogens (tertiary/aromatic N) is 1. The SMILES string of the molecule is CCC(C)N(CC(=O)O)C(=O)/C=C/c1cc(Cl)cc(Cl)c1. The lowest BCUT2D eigenvalue weighted by Gasteiger charge is -2.25. The number of carbonyl (C=O) groups is 2. The van der Waals surface area contributed by atoms with E-state index in [1.807, 2.05) is 13.8 Å². The van der Waals surface area contributed by atoms with Crippen molar-refractivity contribution in [1.29, 1.82) is 0 Å². The van der Waals surface area contributed by atoms with Gasteiger partial charge in [-0.25, -0.2) is 0 Å². The normalized spacial score (nSPS) is 12.4. The zero-order valence-corrected chi connectivity index (χ0v) is 13.4. The first kappa shape index (κ1) is 17.5. The molecule has 0 aliphatic heterocycles.